The van der Waals surface area contributed by atoms with Crippen molar-refractivity contribution in [3.63, 3.8) is 0 Å². The second-order valence-electron chi connectivity index (χ2n) is 6.15. The predicted octanol–water partition coefficient (Wildman–Crippen LogP) is 3.37. The molecular weight excluding hydrogens is 367 g/mol. The van der Waals surface area contributed by atoms with Crippen molar-refractivity contribution in [3.8, 4) is 17.0 Å². The number of amides is 1. The van der Waals surface area contributed by atoms with Gasteiger partial charge in [-0.05, 0) is 30.7 Å². The minimum absolute atomic E-state index is 0.250. The molecule has 0 radical (unpaired) electrons. The predicted molar refractivity (Wildman–Crippen MR) is 105 cm³/mol. The molecule has 1 aromatic carbocycles. The number of fused-ring (bicyclic) bond motifs is 2. The summed E-state index contributed by atoms with van der Waals surface area (Å²) in [4.78, 5) is 12.6. The molecule has 0 aliphatic carbocycles. The van der Waals surface area contributed by atoms with Crippen LogP contribution in [0.4, 0.5) is 10.1 Å². The quantitative estimate of drug-likeness (QED) is 0.700. The smallest absolute Gasteiger partial charge is 0.255 e. The van der Waals surface area contributed by atoms with E-state index in [0.717, 1.165) is 24.4 Å². The SMILES string of the molecule is CNC(=O)c1c(-c2ccc(F)cc2)nn2cc3c(cc12)OCCCN3SC. The maximum absolute atomic E-state index is 13.3. The number of nitrogens with zero attached hydrogens (tertiary/aromatic N) is 3. The summed E-state index contributed by atoms with van der Waals surface area (Å²) in [5.74, 6) is 0.143. The fourth-order valence-electron chi connectivity index (χ4n) is 3.22. The number of anilines is 1. The molecule has 0 saturated carbocycles. The molecule has 3 aromatic rings. The Morgan fingerprint density at radius 1 is 1.33 bits per heavy atom. The molecule has 0 unspecified atom stereocenters. The zero-order chi connectivity index (χ0) is 19.0. The molecule has 140 valence electrons. The summed E-state index contributed by atoms with van der Waals surface area (Å²) in [5.41, 5.74) is 3.19. The first-order valence-electron chi connectivity index (χ1n) is 8.61. The van der Waals surface area contributed by atoms with Crippen LogP contribution >= 0.6 is 11.9 Å². The summed E-state index contributed by atoms with van der Waals surface area (Å²) in [5, 5.41) is 7.30. The van der Waals surface area contributed by atoms with E-state index in [1.807, 2.05) is 18.5 Å². The molecule has 1 aliphatic heterocycles. The summed E-state index contributed by atoms with van der Waals surface area (Å²) < 4.78 is 23.1. The number of rotatable bonds is 3. The molecule has 27 heavy (non-hydrogen) atoms. The highest BCUT2D eigenvalue weighted by atomic mass is 32.2. The Bertz CT molecular complexity index is 1000. The van der Waals surface area contributed by atoms with Crippen molar-refractivity contribution in [3.05, 3.63) is 47.9 Å². The van der Waals surface area contributed by atoms with E-state index in [4.69, 9.17) is 4.74 Å². The van der Waals surface area contributed by atoms with Crippen LogP contribution in [0.25, 0.3) is 16.8 Å². The van der Waals surface area contributed by atoms with Crippen LogP contribution in [-0.4, -0.2) is 42.0 Å². The number of nitrogens with one attached hydrogen (secondary N) is 1. The minimum Gasteiger partial charge on any atom is -0.491 e. The van der Waals surface area contributed by atoms with Crippen molar-refractivity contribution in [1.82, 2.24) is 14.9 Å². The van der Waals surface area contributed by atoms with Crippen molar-refractivity contribution in [2.45, 2.75) is 6.42 Å². The average Bonchev–Trinajstić information content (AvgIpc) is 2.93. The van der Waals surface area contributed by atoms with E-state index in [0.29, 0.717) is 28.9 Å². The first-order chi connectivity index (χ1) is 13.1. The molecular formula is C19H19FN4O2S. The Labute approximate surface area is 160 Å². The van der Waals surface area contributed by atoms with E-state index in [1.54, 1.807) is 35.6 Å². The van der Waals surface area contributed by atoms with Crippen molar-refractivity contribution in [1.29, 1.82) is 0 Å². The second kappa shape index (κ2) is 7.11. The number of ether oxygens (including phenoxy) is 1. The maximum atomic E-state index is 13.3. The average molecular weight is 386 g/mol. The lowest BCUT2D eigenvalue weighted by molar-refractivity contribution is 0.0965. The number of hydrogen-bond donors (Lipinski definition) is 1. The van der Waals surface area contributed by atoms with Crippen molar-refractivity contribution >= 4 is 29.1 Å². The third kappa shape index (κ3) is 3.10. The number of benzene rings is 1. The fraction of sp³-hybridized carbons (Fsp3) is 0.263. The van der Waals surface area contributed by atoms with Crippen LogP contribution in [0.5, 0.6) is 5.75 Å². The molecule has 8 heteroatoms. The molecule has 1 amide bonds. The Morgan fingerprint density at radius 2 is 2.11 bits per heavy atom. The van der Waals surface area contributed by atoms with Crippen molar-refractivity contribution < 1.29 is 13.9 Å². The Balaban J connectivity index is 1.96. The Kier molecular flexibility index (Phi) is 4.65. The van der Waals surface area contributed by atoms with Gasteiger partial charge in [0, 0.05) is 31.5 Å². The zero-order valence-electron chi connectivity index (χ0n) is 15.0. The number of carbonyl (C=O) groups excluding carboxylic acids is 1. The lowest BCUT2D eigenvalue weighted by atomic mass is 10.1. The highest BCUT2D eigenvalue weighted by Crippen LogP contribution is 2.37. The number of carbonyl (C=O) groups is 1. The van der Waals surface area contributed by atoms with Crippen LogP contribution in [0.3, 0.4) is 0 Å². The number of hydrogen-bond acceptors (Lipinski definition) is 5. The Morgan fingerprint density at radius 3 is 2.81 bits per heavy atom. The van der Waals surface area contributed by atoms with E-state index in [-0.39, 0.29) is 11.7 Å². The van der Waals surface area contributed by atoms with Crippen LogP contribution in [0.2, 0.25) is 0 Å². The monoisotopic (exact) mass is 386 g/mol. The van der Waals surface area contributed by atoms with E-state index in [1.165, 1.54) is 12.1 Å². The van der Waals surface area contributed by atoms with E-state index in [9.17, 15) is 9.18 Å². The van der Waals surface area contributed by atoms with Crippen molar-refractivity contribution in [2.75, 3.05) is 30.8 Å². The van der Waals surface area contributed by atoms with Crippen LogP contribution in [0.15, 0.2) is 36.5 Å². The molecule has 3 heterocycles. The molecule has 0 atom stereocenters. The molecule has 6 nitrogen and oxygen atoms in total. The number of pyridine rings is 1. The lowest BCUT2D eigenvalue weighted by Crippen LogP contribution is -2.18. The summed E-state index contributed by atoms with van der Waals surface area (Å²) in [6.45, 7) is 1.49. The largest absolute Gasteiger partial charge is 0.491 e. The van der Waals surface area contributed by atoms with Crippen LogP contribution < -0.4 is 14.4 Å². The maximum Gasteiger partial charge on any atom is 0.255 e. The van der Waals surface area contributed by atoms with Gasteiger partial charge in [-0.2, -0.15) is 5.10 Å². The molecule has 0 fully saturated rings. The zero-order valence-corrected chi connectivity index (χ0v) is 15.8. The topological polar surface area (TPSA) is 58.9 Å². The third-order valence-corrected chi connectivity index (χ3v) is 5.36. The van der Waals surface area contributed by atoms with Crippen LogP contribution in [0.1, 0.15) is 16.8 Å². The molecule has 2 aromatic heterocycles. The van der Waals surface area contributed by atoms with E-state index >= 15 is 0 Å². The van der Waals surface area contributed by atoms with Gasteiger partial charge < -0.3 is 14.4 Å². The first-order valence-corrected chi connectivity index (χ1v) is 9.79. The van der Waals surface area contributed by atoms with Gasteiger partial charge in [-0.1, -0.05) is 11.9 Å². The van der Waals surface area contributed by atoms with Gasteiger partial charge in [0.25, 0.3) is 5.91 Å². The van der Waals surface area contributed by atoms with Crippen LogP contribution in [0, 0.1) is 5.82 Å². The fourth-order valence-corrected chi connectivity index (χ4v) is 3.87. The first kappa shape index (κ1) is 17.7. The summed E-state index contributed by atoms with van der Waals surface area (Å²) in [7, 11) is 1.58. The van der Waals surface area contributed by atoms with Gasteiger partial charge in [-0.15, -0.1) is 0 Å². The number of halogens is 1. The van der Waals surface area contributed by atoms with E-state index in [2.05, 4.69) is 14.7 Å². The molecule has 1 N–H and O–H groups in total. The standard InChI is InChI=1S/C19H19FN4O2S/c1-21-19(25)17-14-10-16-15(24(27-2)8-3-9-26-16)11-23(14)22-18(17)12-4-6-13(20)7-5-12/h4-7,10-11H,3,8-9H2,1-2H3,(H,21,25). The highest BCUT2D eigenvalue weighted by Gasteiger charge is 2.24. The van der Waals surface area contributed by atoms with Gasteiger partial charge in [0.15, 0.2) is 0 Å². The number of aromatic nitrogens is 2. The molecule has 0 spiro atoms. The summed E-state index contributed by atoms with van der Waals surface area (Å²) in [6.07, 6.45) is 4.81. The van der Waals surface area contributed by atoms with Gasteiger partial charge >= 0.3 is 0 Å². The normalized spacial score (nSPS) is 13.8. The van der Waals surface area contributed by atoms with Gasteiger partial charge in [0.05, 0.1) is 23.9 Å². The van der Waals surface area contributed by atoms with Gasteiger partial charge in [-0.25, -0.2) is 8.91 Å². The van der Waals surface area contributed by atoms with E-state index < -0.39 is 0 Å². The minimum atomic E-state index is -0.334. The lowest BCUT2D eigenvalue weighted by Gasteiger charge is -2.20. The van der Waals surface area contributed by atoms with Gasteiger partial charge in [0.1, 0.15) is 22.9 Å². The molecule has 4 rings (SSSR count). The van der Waals surface area contributed by atoms with Gasteiger partial charge in [-0.3, -0.25) is 4.79 Å². The summed E-state index contributed by atoms with van der Waals surface area (Å²) >= 11 is 1.62. The van der Waals surface area contributed by atoms with Gasteiger partial charge in [0.2, 0.25) is 0 Å². The van der Waals surface area contributed by atoms with Crippen LogP contribution in [-0.2, 0) is 0 Å². The molecule has 1 aliphatic rings. The summed E-state index contributed by atoms with van der Waals surface area (Å²) in [6, 6.07) is 7.83. The second-order valence-corrected chi connectivity index (χ2v) is 6.95. The molecule has 0 bridgehead atoms. The highest BCUT2D eigenvalue weighted by molar-refractivity contribution is 7.99. The molecule has 0 saturated heterocycles. The Hall–Kier alpha value is -2.74. The third-order valence-electron chi connectivity index (χ3n) is 4.54. The van der Waals surface area contributed by atoms with Crippen molar-refractivity contribution in [2.24, 2.45) is 0 Å².